The molecule has 0 atom stereocenters. The third-order valence-electron chi connectivity index (χ3n) is 4.14. The van der Waals surface area contributed by atoms with Gasteiger partial charge in [-0.15, -0.1) is 10.2 Å². The van der Waals surface area contributed by atoms with E-state index in [-0.39, 0.29) is 5.75 Å². The van der Waals surface area contributed by atoms with Crippen LogP contribution in [0, 0.1) is 6.92 Å². The number of phenols is 1. The topological polar surface area (TPSA) is 58.0 Å². The second-order valence-electron chi connectivity index (χ2n) is 5.98. The second kappa shape index (κ2) is 6.24. The summed E-state index contributed by atoms with van der Waals surface area (Å²) >= 11 is 0. The first-order chi connectivity index (χ1) is 12.2. The number of aryl methyl sites for hydroxylation is 1. The number of phenolic OH excluding ortho intramolecular Hbond substituents is 1. The zero-order valence-electron chi connectivity index (χ0n) is 13.8. The molecule has 0 radical (unpaired) electrons. The summed E-state index contributed by atoms with van der Waals surface area (Å²) in [6, 6.07) is 23.2. The van der Waals surface area contributed by atoms with E-state index >= 15 is 0 Å². The first-order valence-electron chi connectivity index (χ1n) is 8.09. The number of nitrogens with zero attached hydrogens (tertiary/aromatic N) is 2. The van der Waals surface area contributed by atoms with Crippen molar-refractivity contribution in [3.63, 3.8) is 0 Å². The van der Waals surface area contributed by atoms with Gasteiger partial charge in [-0.3, -0.25) is 0 Å². The van der Waals surface area contributed by atoms with Gasteiger partial charge in [0.2, 0.25) is 0 Å². The monoisotopic (exact) mass is 327 g/mol. The van der Waals surface area contributed by atoms with E-state index in [1.807, 2.05) is 48.5 Å². The number of aromatic nitrogens is 2. The summed E-state index contributed by atoms with van der Waals surface area (Å²) in [6.45, 7) is 2.06. The molecule has 4 rings (SSSR count). The minimum atomic E-state index is 0.235. The fraction of sp³-hybridized carbons (Fsp3) is 0.0476. The van der Waals surface area contributed by atoms with Crippen LogP contribution in [-0.2, 0) is 0 Å². The van der Waals surface area contributed by atoms with Crippen molar-refractivity contribution >= 4 is 22.3 Å². The fourth-order valence-electron chi connectivity index (χ4n) is 2.80. The van der Waals surface area contributed by atoms with E-state index in [9.17, 15) is 5.11 Å². The first kappa shape index (κ1) is 15.1. The lowest BCUT2D eigenvalue weighted by molar-refractivity contribution is 0.475. The molecule has 4 nitrogen and oxygen atoms in total. The lowest BCUT2D eigenvalue weighted by atomic mass is 10.0. The summed E-state index contributed by atoms with van der Waals surface area (Å²) < 4.78 is 0. The summed E-state index contributed by atoms with van der Waals surface area (Å²) in [5.41, 5.74) is 3.90. The molecule has 0 aliphatic rings. The maximum atomic E-state index is 9.50. The van der Waals surface area contributed by atoms with Crippen molar-refractivity contribution in [3.05, 3.63) is 78.4 Å². The Morgan fingerprint density at radius 3 is 2.16 bits per heavy atom. The Balaban J connectivity index is 1.81. The molecule has 0 spiro atoms. The molecule has 1 aromatic heterocycles. The highest BCUT2D eigenvalue weighted by atomic mass is 16.3. The Kier molecular flexibility index (Phi) is 3.78. The van der Waals surface area contributed by atoms with Gasteiger partial charge in [-0.05, 0) is 43.3 Å². The molecule has 0 bridgehead atoms. The van der Waals surface area contributed by atoms with E-state index in [1.54, 1.807) is 12.1 Å². The van der Waals surface area contributed by atoms with E-state index in [2.05, 4.69) is 34.6 Å². The van der Waals surface area contributed by atoms with Gasteiger partial charge in [0.25, 0.3) is 0 Å². The normalized spacial score (nSPS) is 10.8. The number of nitrogens with one attached hydrogen (secondary N) is 1. The van der Waals surface area contributed by atoms with Gasteiger partial charge in [0.1, 0.15) is 11.4 Å². The van der Waals surface area contributed by atoms with Crippen LogP contribution < -0.4 is 5.32 Å². The maximum absolute atomic E-state index is 9.50. The van der Waals surface area contributed by atoms with Crippen molar-refractivity contribution < 1.29 is 5.11 Å². The molecule has 3 aromatic carbocycles. The predicted octanol–water partition coefficient (Wildman–Crippen LogP) is 5.05. The Labute approximate surface area is 145 Å². The molecular weight excluding hydrogens is 310 g/mol. The third-order valence-corrected chi connectivity index (χ3v) is 4.14. The molecule has 0 saturated heterocycles. The Hall–Kier alpha value is -3.40. The van der Waals surface area contributed by atoms with Crippen molar-refractivity contribution in [2.75, 3.05) is 5.32 Å². The second-order valence-corrected chi connectivity index (χ2v) is 5.98. The lowest BCUT2D eigenvalue weighted by Gasteiger charge is -2.11. The van der Waals surface area contributed by atoms with Gasteiger partial charge in [0.15, 0.2) is 5.82 Å². The average Bonchev–Trinajstić information content (AvgIpc) is 2.65. The highest BCUT2D eigenvalue weighted by molar-refractivity contribution is 6.00. The summed E-state index contributed by atoms with van der Waals surface area (Å²) in [7, 11) is 0. The number of aromatic hydroxyl groups is 1. The van der Waals surface area contributed by atoms with Gasteiger partial charge in [0.05, 0.1) is 0 Å². The van der Waals surface area contributed by atoms with Crippen LogP contribution in [0.3, 0.4) is 0 Å². The third kappa shape index (κ3) is 3.02. The molecule has 1 heterocycles. The highest BCUT2D eigenvalue weighted by Crippen LogP contribution is 2.31. The fourth-order valence-corrected chi connectivity index (χ4v) is 2.80. The molecule has 0 unspecified atom stereocenters. The van der Waals surface area contributed by atoms with Gasteiger partial charge in [-0.25, -0.2) is 0 Å². The van der Waals surface area contributed by atoms with Gasteiger partial charge in [0, 0.05) is 22.0 Å². The molecule has 0 aliphatic carbocycles. The van der Waals surface area contributed by atoms with Crippen molar-refractivity contribution in [1.82, 2.24) is 10.2 Å². The van der Waals surface area contributed by atoms with Crippen LogP contribution in [0.2, 0.25) is 0 Å². The summed E-state index contributed by atoms with van der Waals surface area (Å²) in [4.78, 5) is 0. The summed E-state index contributed by atoms with van der Waals surface area (Å²) in [5.74, 6) is 0.959. The van der Waals surface area contributed by atoms with Crippen LogP contribution in [0.15, 0.2) is 72.8 Å². The van der Waals surface area contributed by atoms with E-state index < -0.39 is 0 Å². The SMILES string of the molecule is Cc1ccc(Nc2nnc(-c3ccc(O)cc3)c3ccccc23)cc1. The molecule has 0 amide bonds. The number of anilines is 2. The van der Waals surface area contributed by atoms with E-state index in [0.717, 1.165) is 33.5 Å². The molecule has 4 aromatic rings. The van der Waals surface area contributed by atoms with Crippen LogP contribution in [0.1, 0.15) is 5.56 Å². The molecule has 25 heavy (non-hydrogen) atoms. The Morgan fingerprint density at radius 2 is 1.44 bits per heavy atom. The minimum Gasteiger partial charge on any atom is -0.508 e. The minimum absolute atomic E-state index is 0.235. The Morgan fingerprint density at radius 1 is 0.760 bits per heavy atom. The van der Waals surface area contributed by atoms with Gasteiger partial charge < -0.3 is 10.4 Å². The molecule has 2 N–H and O–H groups in total. The zero-order valence-corrected chi connectivity index (χ0v) is 13.8. The molecule has 122 valence electrons. The van der Waals surface area contributed by atoms with Crippen LogP contribution >= 0.6 is 0 Å². The smallest absolute Gasteiger partial charge is 0.161 e. The lowest BCUT2D eigenvalue weighted by Crippen LogP contribution is -1.99. The summed E-state index contributed by atoms with van der Waals surface area (Å²) in [6.07, 6.45) is 0. The molecule has 0 aliphatic heterocycles. The zero-order chi connectivity index (χ0) is 17.2. The largest absolute Gasteiger partial charge is 0.508 e. The van der Waals surface area contributed by atoms with Crippen LogP contribution in [-0.4, -0.2) is 15.3 Å². The highest BCUT2D eigenvalue weighted by Gasteiger charge is 2.11. The number of benzene rings is 3. The van der Waals surface area contributed by atoms with E-state index in [1.165, 1.54) is 5.56 Å². The Bertz CT molecular complexity index is 1030. The molecule has 0 saturated carbocycles. The van der Waals surface area contributed by atoms with E-state index in [0.29, 0.717) is 0 Å². The van der Waals surface area contributed by atoms with Crippen molar-refractivity contribution in [2.45, 2.75) is 6.92 Å². The van der Waals surface area contributed by atoms with Gasteiger partial charge in [-0.1, -0.05) is 42.0 Å². The quantitative estimate of drug-likeness (QED) is 0.552. The number of hydrogen-bond donors (Lipinski definition) is 2. The number of rotatable bonds is 3. The number of fused-ring (bicyclic) bond motifs is 1. The standard InChI is InChI=1S/C21H17N3O/c1-14-6-10-16(11-7-14)22-21-19-5-3-2-4-18(19)20(23-24-21)15-8-12-17(25)13-9-15/h2-13,25H,1H3,(H,22,24). The predicted molar refractivity (Wildman–Crippen MR) is 101 cm³/mol. The molecule has 0 fully saturated rings. The van der Waals surface area contributed by atoms with E-state index in [4.69, 9.17) is 0 Å². The molecule has 4 heteroatoms. The summed E-state index contributed by atoms with van der Waals surface area (Å²) in [5, 5.41) is 23.7. The van der Waals surface area contributed by atoms with Crippen molar-refractivity contribution in [3.8, 4) is 17.0 Å². The van der Waals surface area contributed by atoms with Gasteiger partial charge in [-0.2, -0.15) is 0 Å². The van der Waals surface area contributed by atoms with Crippen molar-refractivity contribution in [1.29, 1.82) is 0 Å². The van der Waals surface area contributed by atoms with Gasteiger partial charge >= 0.3 is 0 Å². The first-order valence-corrected chi connectivity index (χ1v) is 8.09. The maximum Gasteiger partial charge on any atom is 0.161 e. The average molecular weight is 327 g/mol. The molecular formula is C21H17N3O. The number of hydrogen-bond acceptors (Lipinski definition) is 4. The van der Waals surface area contributed by atoms with Crippen molar-refractivity contribution in [2.24, 2.45) is 0 Å². The van der Waals surface area contributed by atoms with Crippen LogP contribution in [0.5, 0.6) is 5.75 Å². The van der Waals surface area contributed by atoms with Crippen LogP contribution in [0.25, 0.3) is 22.0 Å². The van der Waals surface area contributed by atoms with Crippen LogP contribution in [0.4, 0.5) is 11.5 Å².